The predicted octanol–water partition coefficient (Wildman–Crippen LogP) is 2.63. The molecule has 3 rings (SSSR count). The number of urea groups is 1. The van der Waals surface area contributed by atoms with Crippen LogP contribution in [-0.2, 0) is 4.74 Å². The molecule has 6 heteroatoms. The van der Waals surface area contributed by atoms with Crippen LogP contribution in [0.1, 0.15) is 12.1 Å². The number of nitrogens with zero attached hydrogens (tertiary/aromatic N) is 2. The Labute approximate surface area is 148 Å². The molecule has 1 aliphatic heterocycles. The number of hydrogen-bond donors (Lipinski definition) is 2. The summed E-state index contributed by atoms with van der Waals surface area (Å²) in [6, 6.07) is 9.63. The van der Waals surface area contributed by atoms with Gasteiger partial charge in [0, 0.05) is 37.8 Å². The highest BCUT2D eigenvalue weighted by molar-refractivity contribution is 5.99. The van der Waals surface area contributed by atoms with Gasteiger partial charge in [-0.05, 0) is 37.9 Å². The fourth-order valence-electron chi connectivity index (χ4n) is 3.25. The van der Waals surface area contributed by atoms with E-state index in [1.165, 1.54) is 0 Å². The summed E-state index contributed by atoms with van der Waals surface area (Å²) in [5.41, 5.74) is 2.50. The summed E-state index contributed by atoms with van der Waals surface area (Å²) in [5.74, 6) is 0.496. The molecule has 1 atom stereocenters. The molecule has 1 unspecified atom stereocenters. The molecule has 0 saturated carbocycles. The van der Waals surface area contributed by atoms with Crippen LogP contribution in [0.3, 0.4) is 0 Å². The van der Waals surface area contributed by atoms with E-state index in [2.05, 4.69) is 20.5 Å². The van der Waals surface area contributed by atoms with E-state index >= 15 is 0 Å². The molecule has 2 aromatic rings. The number of likely N-dealkylation sites (tertiary alicyclic amines) is 1. The number of amides is 2. The Morgan fingerprint density at radius 1 is 1.36 bits per heavy atom. The molecule has 2 heterocycles. The van der Waals surface area contributed by atoms with Crippen LogP contribution in [0.15, 0.2) is 30.3 Å². The van der Waals surface area contributed by atoms with Crippen molar-refractivity contribution in [3.63, 3.8) is 0 Å². The van der Waals surface area contributed by atoms with Crippen LogP contribution in [0.25, 0.3) is 10.9 Å². The Balaban J connectivity index is 1.53. The average molecular weight is 342 g/mol. The van der Waals surface area contributed by atoms with Crippen molar-refractivity contribution in [3.05, 3.63) is 36.0 Å². The zero-order valence-electron chi connectivity index (χ0n) is 14.9. The standard InChI is InChI=1S/C19H26N4O2/c1-14-6-7-16-4-3-5-17(18(16)21-14)22-19(24)20-12-15-8-9-23(13-15)10-11-25-2/h3-7,15H,8-13H2,1-2H3,(H2,20,22,24). The number of rotatable bonds is 6. The van der Waals surface area contributed by atoms with Gasteiger partial charge in [0.05, 0.1) is 17.8 Å². The minimum atomic E-state index is -0.175. The summed E-state index contributed by atoms with van der Waals surface area (Å²) in [7, 11) is 1.73. The molecule has 0 radical (unpaired) electrons. The maximum absolute atomic E-state index is 12.3. The largest absolute Gasteiger partial charge is 0.383 e. The number of nitrogens with one attached hydrogen (secondary N) is 2. The lowest BCUT2D eigenvalue weighted by Gasteiger charge is -2.16. The van der Waals surface area contributed by atoms with Crippen LogP contribution < -0.4 is 10.6 Å². The number of methoxy groups -OCH3 is 1. The Morgan fingerprint density at radius 2 is 2.24 bits per heavy atom. The Morgan fingerprint density at radius 3 is 3.08 bits per heavy atom. The second-order valence-corrected chi connectivity index (χ2v) is 6.61. The van der Waals surface area contributed by atoms with E-state index in [0.717, 1.165) is 54.9 Å². The zero-order valence-corrected chi connectivity index (χ0v) is 14.9. The molecular weight excluding hydrogens is 316 g/mol. The molecule has 25 heavy (non-hydrogen) atoms. The van der Waals surface area contributed by atoms with Crippen LogP contribution in [0.5, 0.6) is 0 Å². The highest BCUT2D eigenvalue weighted by Gasteiger charge is 2.22. The molecule has 2 N–H and O–H groups in total. The first-order valence-corrected chi connectivity index (χ1v) is 8.78. The number of anilines is 1. The van der Waals surface area contributed by atoms with Gasteiger partial charge < -0.3 is 20.3 Å². The van der Waals surface area contributed by atoms with Gasteiger partial charge in [0.25, 0.3) is 0 Å². The van der Waals surface area contributed by atoms with Gasteiger partial charge in [0.1, 0.15) is 0 Å². The fraction of sp³-hybridized carbons (Fsp3) is 0.474. The van der Waals surface area contributed by atoms with E-state index in [4.69, 9.17) is 4.74 Å². The van der Waals surface area contributed by atoms with Gasteiger partial charge in [0.2, 0.25) is 0 Å². The van der Waals surface area contributed by atoms with Gasteiger partial charge in [-0.25, -0.2) is 4.79 Å². The second-order valence-electron chi connectivity index (χ2n) is 6.61. The van der Waals surface area contributed by atoms with E-state index in [9.17, 15) is 4.79 Å². The highest BCUT2D eigenvalue weighted by Crippen LogP contribution is 2.21. The van der Waals surface area contributed by atoms with Crippen molar-refractivity contribution in [2.24, 2.45) is 5.92 Å². The number of carbonyl (C=O) groups excluding carboxylic acids is 1. The predicted molar refractivity (Wildman–Crippen MR) is 99.9 cm³/mol. The number of para-hydroxylation sites is 1. The molecule has 1 aromatic heterocycles. The van der Waals surface area contributed by atoms with Gasteiger partial charge in [0.15, 0.2) is 0 Å². The molecular formula is C19H26N4O2. The van der Waals surface area contributed by atoms with Crippen molar-refractivity contribution in [2.45, 2.75) is 13.3 Å². The van der Waals surface area contributed by atoms with Crippen LogP contribution in [-0.4, -0.2) is 55.8 Å². The van der Waals surface area contributed by atoms with Gasteiger partial charge in [-0.3, -0.25) is 4.98 Å². The van der Waals surface area contributed by atoms with Crippen LogP contribution in [0.4, 0.5) is 10.5 Å². The van der Waals surface area contributed by atoms with Gasteiger partial charge in [-0.15, -0.1) is 0 Å². The summed E-state index contributed by atoms with van der Waals surface area (Å²) in [6.07, 6.45) is 1.11. The molecule has 0 spiro atoms. The average Bonchev–Trinajstić information content (AvgIpc) is 3.06. The van der Waals surface area contributed by atoms with Crippen molar-refractivity contribution in [1.29, 1.82) is 0 Å². The van der Waals surface area contributed by atoms with E-state index in [1.54, 1.807) is 7.11 Å². The Kier molecular flexibility index (Phi) is 5.83. The number of ether oxygens (including phenoxy) is 1. The van der Waals surface area contributed by atoms with Crippen molar-refractivity contribution >= 4 is 22.6 Å². The quantitative estimate of drug-likeness (QED) is 0.847. The molecule has 1 aromatic carbocycles. The third kappa shape index (κ3) is 4.67. The first-order chi connectivity index (χ1) is 12.2. The van der Waals surface area contributed by atoms with Crippen molar-refractivity contribution in [2.75, 3.05) is 45.2 Å². The monoisotopic (exact) mass is 342 g/mol. The summed E-state index contributed by atoms with van der Waals surface area (Å²) < 4.78 is 5.12. The molecule has 0 bridgehead atoms. The SMILES string of the molecule is COCCN1CCC(CNC(=O)Nc2cccc3ccc(C)nc23)C1. The third-order valence-corrected chi connectivity index (χ3v) is 4.64. The minimum absolute atomic E-state index is 0.175. The summed E-state index contributed by atoms with van der Waals surface area (Å²) >= 11 is 0. The van der Waals surface area contributed by atoms with E-state index in [0.29, 0.717) is 12.5 Å². The number of aromatic nitrogens is 1. The molecule has 2 amide bonds. The Bertz CT molecular complexity index is 734. The van der Waals surface area contributed by atoms with Crippen molar-refractivity contribution in [3.8, 4) is 0 Å². The van der Waals surface area contributed by atoms with Crippen LogP contribution >= 0.6 is 0 Å². The lowest BCUT2D eigenvalue weighted by atomic mass is 10.1. The van der Waals surface area contributed by atoms with Gasteiger partial charge in [-0.1, -0.05) is 18.2 Å². The topological polar surface area (TPSA) is 66.5 Å². The summed E-state index contributed by atoms with van der Waals surface area (Å²) in [4.78, 5) is 19.2. The highest BCUT2D eigenvalue weighted by atomic mass is 16.5. The fourth-order valence-corrected chi connectivity index (χ4v) is 3.25. The number of pyridine rings is 1. The second kappa shape index (κ2) is 8.27. The number of carbonyl (C=O) groups is 1. The first-order valence-electron chi connectivity index (χ1n) is 8.78. The molecule has 134 valence electrons. The molecule has 1 saturated heterocycles. The summed E-state index contributed by atoms with van der Waals surface area (Å²) in [5, 5.41) is 6.95. The molecule has 6 nitrogen and oxygen atoms in total. The number of aryl methyl sites for hydroxylation is 1. The van der Waals surface area contributed by atoms with Gasteiger partial charge in [-0.2, -0.15) is 0 Å². The molecule has 0 aliphatic carbocycles. The van der Waals surface area contributed by atoms with E-state index in [-0.39, 0.29) is 6.03 Å². The lowest BCUT2D eigenvalue weighted by Crippen LogP contribution is -2.34. The maximum Gasteiger partial charge on any atom is 0.319 e. The van der Waals surface area contributed by atoms with Gasteiger partial charge >= 0.3 is 6.03 Å². The lowest BCUT2D eigenvalue weighted by molar-refractivity contribution is 0.159. The smallest absolute Gasteiger partial charge is 0.319 e. The minimum Gasteiger partial charge on any atom is -0.383 e. The van der Waals surface area contributed by atoms with Crippen molar-refractivity contribution in [1.82, 2.24) is 15.2 Å². The van der Waals surface area contributed by atoms with Crippen LogP contribution in [0.2, 0.25) is 0 Å². The number of benzene rings is 1. The summed E-state index contributed by atoms with van der Waals surface area (Å²) in [6.45, 7) is 6.44. The maximum atomic E-state index is 12.3. The zero-order chi connectivity index (χ0) is 17.6. The van der Waals surface area contributed by atoms with E-state index < -0.39 is 0 Å². The molecule has 1 aliphatic rings. The third-order valence-electron chi connectivity index (χ3n) is 4.64. The molecule has 1 fully saturated rings. The van der Waals surface area contributed by atoms with Crippen molar-refractivity contribution < 1.29 is 9.53 Å². The normalized spacial score (nSPS) is 17.8. The first kappa shape index (κ1) is 17.6. The van der Waals surface area contributed by atoms with Crippen LogP contribution in [0, 0.1) is 12.8 Å². The number of hydrogen-bond acceptors (Lipinski definition) is 4. The van der Waals surface area contributed by atoms with E-state index in [1.807, 2.05) is 37.3 Å². The Hall–Kier alpha value is -2.18. The number of fused-ring (bicyclic) bond motifs is 1.